The van der Waals surface area contributed by atoms with Gasteiger partial charge in [-0.3, -0.25) is 4.84 Å². The van der Waals surface area contributed by atoms with Gasteiger partial charge in [-0.05, 0) is 23.8 Å². The molecule has 0 N–H and O–H groups in total. The van der Waals surface area contributed by atoms with Crippen molar-refractivity contribution in [3.63, 3.8) is 0 Å². The second-order valence-corrected chi connectivity index (χ2v) is 5.24. The summed E-state index contributed by atoms with van der Waals surface area (Å²) in [6.07, 6.45) is 1.47. The quantitative estimate of drug-likeness (QED) is 0.780. The summed E-state index contributed by atoms with van der Waals surface area (Å²) in [4.78, 5) is 4.60. The Labute approximate surface area is 100 Å². The van der Waals surface area contributed by atoms with Crippen molar-refractivity contribution in [3.8, 4) is 0 Å². The lowest BCUT2D eigenvalue weighted by molar-refractivity contribution is -0.0245. The number of halogens is 1. The number of sulfonamides is 1. The molecular weight excluding hydrogens is 250 g/mol. The molecule has 0 radical (unpaired) electrons. The minimum absolute atomic E-state index is 0.606. The van der Waals surface area contributed by atoms with E-state index in [1.54, 1.807) is 24.3 Å². The lowest BCUT2D eigenvalue weighted by atomic mass is 10.2. The van der Waals surface area contributed by atoms with Crippen LogP contribution in [-0.2, 0) is 14.9 Å². The van der Waals surface area contributed by atoms with E-state index in [1.807, 2.05) is 0 Å². The number of rotatable bonds is 4. The number of benzene rings is 1. The minimum atomic E-state index is -3.52. The van der Waals surface area contributed by atoms with E-state index in [2.05, 4.69) is 4.84 Å². The summed E-state index contributed by atoms with van der Waals surface area (Å²) in [7, 11) is -0.915. The van der Waals surface area contributed by atoms with Crippen molar-refractivity contribution < 1.29 is 13.3 Å². The van der Waals surface area contributed by atoms with Gasteiger partial charge in [0.25, 0.3) is 10.0 Å². The predicted octanol–water partition coefficient (Wildman–Crippen LogP) is 2.13. The fourth-order valence-electron chi connectivity index (χ4n) is 0.928. The van der Waals surface area contributed by atoms with Gasteiger partial charge < -0.3 is 0 Å². The summed E-state index contributed by atoms with van der Waals surface area (Å²) in [6.45, 7) is 0. The van der Waals surface area contributed by atoms with Crippen molar-refractivity contribution in [1.29, 1.82) is 0 Å². The molecule has 0 saturated heterocycles. The maximum atomic E-state index is 11.5. The molecule has 16 heavy (non-hydrogen) atoms. The maximum Gasteiger partial charge on any atom is 0.257 e. The lowest BCUT2D eigenvalue weighted by Crippen LogP contribution is -2.23. The third kappa shape index (κ3) is 3.61. The highest BCUT2D eigenvalue weighted by Gasteiger charge is 2.12. The zero-order valence-corrected chi connectivity index (χ0v) is 10.5. The SMILES string of the molecule is CON(C)S(=O)(=O)C=Cc1ccc(Cl)cc1. The summed E-state index contributed by atoms with van der Waals surface area (Å²) >= 11 is 5.70. The molecule has 0 bridgehead atoms. The fraction of sp³-hybridized carbons (Fsp3) is 0.200. The highest BCUT2D eigenvalue weighted by atomic mass is 35.5. The molecule has 0 unspecified atom stereocenters. The van der Waals surface area contributed by atoms with Gasteiger partial charge in [0.2, 0.25) is 0 Å². The summed E-state index contributed by atoms with van der Waals surface area (Å²) in [6, 6.07) is 6.82. The van der Waals surface area contributed by atoms with Crippen molar-refractivity contribution in [2.75, 3.05) is 14.2 Å². The van der Waals surface area contributed by atoms with E-state index in [9.17, 15) is 8.42 Å². The summed E-state index contributed by atoms with van der Waals surface area (Å²) in [5.74, 6) is 0. The average Bonchev–Trinajstić information content (AvgIpc) is 2.27. The maximum absolute atomic E-state index is 11.5. The molecule has 0 aromatic heterocycles. The summed E-state index contributed by atoms with van der Waals surface area (Å²) < 4.78 is 23.8. The molecule has 0 saturated carbocycles. The van der Waals surface area contributed by atoms with Crippen molar-refractivity contribution in [2.24, 2.45) is 0 Å². The Morgan fingerprint density at radius 3 is 2.38 bits per heavy atom. The van der Waals surface area contributed by atoms with Crippen LogP contribution in [0, 0.1) is 0 Å². The molecule has 0 aliphatic heterocycles. The Morgan fingerprint density at radius 2 is 1.88 bits per heavy atom. The molecule has 1 aromatic rings. The van der Waals surface area contributed by atoms with E-state index in [4.69, 9.17) is 11.6 Å². The van der Waals surface area contributed by atoms with E-state index in [0.717, 1.165) is 15.4 Å². The van der Waals surface area contributed by atoms with Crippen molar-refractivity contribution in [3.05, 3.63) is 40.3 Å². The van der Waals surface area contributed by atoms with Crippen LogP contribution in [0.3, 0.4) is 0 Å². The van der Waals surface area contributed by atoms with Gasteiger partial charge in [-0.1, -0.05) is 28.2 Å². The molecule has 0 amide bonds. The highest BCUT2D eigenvalue weighted by Crippen LogP contribution is 2.11. The van der Waals surface area contributed by atoms with Gasteiger partial charge in [0, 0.05) is 17.5 Å². The number of hydroxylamine groups is 1. The van der Waals surface area contributed by atoms with Crippen LogP contribution in [-0.4, -0.2) is 27.0 Å². The molecule has 0 aliphatic carbocycles. The zero-order valence-electron chi connectivity index (χ0n) is 8.92. The van der Waals surface area contributed by atoms with Gasteiger partial charge in [0.05, 0.1) is 7.11 Å². The number of hydrogen-bond acceptors (Lipinski definition) is 3. The van der Waals surface area contributed by atoms with Crippen LogP contribution in [0.1, 0.15) is 5.56 Å². The molecule has 0 heterocycles. The molecule has 0 atom stereocenters. The number of nitrogens with zero attached hydrogens (tertiary/aromatic N) is 1. The Hall–Kier alpha value is -0.880. The van der Waals surface area contributed by atoms with E-state index >= 15 is 0 Å². The van der Waals surface area contributed by atoms with Crippen molar-refractivity contribution in [2.45, 2.75) is 0 Å². The molecule has 6 heteroatoms. The largest absolute Gasteiger partial charge is 0.288 e. The Morgan fingerprint density at radius 1 is 1.31 bits per heavy atom. The first-order chi connectivity index (χ1) is 7.45. The third-order valence-corrected chi connectivity index (χ3v) is 3.52. The molecular formula is C10H12ClNO3S. The van der Waals surface area contributed by atoms with Gasteiger partial charge in [-0.2, -0.15) is 0 Å². The zero-order chi connectivity index (χ0) is 12.2. The topological polar surface area (TPSA) is 46.6 Å². The van der Waals surface area contributed by atoms with Gasteiger partial charge in [-0.15, -0.1) is 0 Å². The van der Waals surface area contributed by atoms with E-state index in [-0.39, 0.29) is 0 Å². The summed E-state index contributed by atoms with van der Waals surface area (Å²) in [5.41, 5.74) is 0.748. The smallest absolute Gasteiger partial charge is 0.257 e. The van der Waals surface area contributed by atoms with Gasteiger partial charge in [0.1, 0.15) is 0 Å². The van der Waals surface area contributed by atoms with Crippen LogP contribution in [0.2, 0.25) is 5.02 Å². The molecule has 88 valence electrons. The molecule has 0 spiro atoms. The van der Waals surface area contributed by atoms with Crippen LogP contribution in [0.4, 0.5) is 0 Å². The van der Waals surface area contributed by atoms with E-state index in [1.165, 1.54) is 20.2 Å². The lowest BCUT2D eigenvalue weighted by Gasteiger charge is -2.10. The first-order valence-electron chi connectivity index (χ1n) is 4.42. The highest BCUT2D eigenvalue weighted by molar-refractivity contribution is 7.92. The Bertz CT molecular complexity index is 467. The van der Waals surface area contributed by atoms with Crippen molar-refractivity contribution in [1.82, 2.24) is 4.47 Å². The Kier molecular flexibility index (Phi) is 4.49. The first-order valence-corrected chi connectivity index (χ1v) is 6.30. The molecule has 1 rings (SSSR count). The van der Waals surface area contributed by atoms with Crippen LogP contribution in [0.5, 0.6) is 0 Å². The predicted molar refractivity (Wildman–Crippen MR) is 64.2 cm³/mol. The second kappa shape index (κ2) is 5.45. The standard InChI is InChI=1S/C10H12ClNO3S/c1-12(15-2)16(13,14)8-7-9-3-5-10(11)6-4-9/h3-8H,1-2H3. The molecule has 1 aromatic carbocycles. The first kappa shape index (κ1) is 13.2. The van der Waals surface area contributed by atoms with E-state index < -0.39 is 10.0 Å². The molecule has 0 aliphatic rings. The van der Waals surface area contributed by atoms with Crippen LogP contribution >= 0.6 is 11.6 Å². The fourth-order valence-corrected chi connectivity index (χ4v) is 1.76. The van der Waals surface area contributed by atoms with Crippen LogP contribution < -0.4 is 0 Å². The minimum Gasteiger partial charge on any atom is -0.288 e. The monoisotopic (exact) mass is 261 g/mol. The van der Waals surface area contributed by atoms with Crippen LogP contribution in [0.15, 0.2) is 29.7 Å². The summed E-state index contributed by atoms with van der Waals surface area (Å²) in [5, 5.41) is 1.67. The van der Waals surface area contributed by atoms with Gasteiger partial charge in [0.15, 0.2) is 0 Å². The average molecular weight is 262 g/mol. The molecule has 0 fully saturated rings. The Balaban J connectivity index is 2.85. The normalized spacial score (nSPS) is 12.5. The van der Waals surface area contributed by atoms with E-state index in [0.29, 0.717) is 5.02 Å². The number of hydrogen-bond donors (Lipinski definition) is 0. The van der Waals surface area contributed by atoms with Crippen LogP contribution in [0.25, 0.3) is 6.08 Å². The van der Waals surface area contributed by atoms with Gasteiger partial charge in [-0.25, -0.2) is 8.42 Å². The molecule has 4 nitrogen and oxygen atoms in total. The second-order valence-electron chi connectivity index (χ2n) is 2.99. The van der Waals surface area contributed by atoms with Crippen molar-refractivity contribution >= 4 is 27.7 Å². The third-order valence-electron chi connectivity index (χ3n) is 1.92. The van der Waals surface area contributed by atoms with Gasteiger partial charge >= 0.3 is 0 Å².